The molecule has 1 aliphatic rings. The van der Waals surface area contributed by atoms with Crippen LogP contribution in [-0.4, -0.2) is 51.1 Å². The van der Waals surface area contributed by atoms with Gasteiger partial charge in [0.1, 0.15) is 5.69 Å². The number of terminal acetylenes is 1. The van der Waals surface area contributed by atoms with Gasteiger partial charge in [-0.15, -0.1) is 6.42 Å². The highest BCUT2D eigenvalue weighted by molar-refractivity contribution is 8.15. The molecule has 3 rings (SSSR count). The molecule has 3 N–H and O–H groups in total. The summed E-state index contributed by atoms with van der Waals surface area (Å²) >= 11 is 1.39. The van der Waals surface area contributed by atoms with Crippen LogP contribution in [0.3, 0.4) is 0 Å². The lowest BCUT2D eigenvalue weighted by Gasteiger charge is -2.40. The fourth-order valence-corrected chi connectivity index (χ4v) is 5.10. The molecule has 2 atom stereocenters. The van der Waals surface area contributed by atoms with Crippen molar-refractivity contribution in [3.63, 3.8) is 0 Å². The number of pyridine rings is 1. The smallest absolute Gasteiger partial charge is 0.276 e. The molecule has 2 aromatic heterocycles. The van der Waals surface area contributed by atoms with Crippen molar-refractivity contribution in [2.24, 2.45) is 10.7 Å². The Morgan fingerprint density at radius 3 is 2.82 bits per heavy atom. The van der Waals surface area contributed by atoms with Gasteiger partial charge >= 0.3 is 0 Å². The largest absolute Gasteiger partial charge is 0.463 e. The summed E-state index contributed by atoms with van der Waals surface area (Å²) in [7, 11) is 1.60. The Balaban J connectivity index is 1.87. The first kappa shape index (κ1) is 24.4. The molecule has 0 bridgehead atoms. The van der Waals surface area contributed by atoms with E-state index in [1.54, 1.807) is 21.0 Å². The van der Waals surface area contributed by atoms with Crippen LogP contribution in [0.25, 0.3) is 0 Å². The molecule has 0 unspecified atom stereocenters. The number of halogens is 1. The molecule has 33 heavy (non-hydrogen) atoms. The van der Waals surface area contributed by atoms with Crippen molar-refractivity contribution in [2.45, 2.75) is 37.5 Å². The summed E-state index contributed by atoms with van der Waals surface area (Å²) in [5.74, 6) is 1.32. The minimum Gasteiger partial charge on any atom is -0.463 e. The number of carbonyl (C=O) groups is 1. The Labute approximate surface area is 195 Å². The number of ether oxygens (including phenoxy) is 2. The van der Waals surface area contributed by atoms with E-state index in [0.717, 1.165) is 0 Å². The number of nitrogens with one attached hydrogen (secondary N) is 1. The number of rotatable bonds is 7. The predicted molar refractivity (Wildman–Crippen MR) is 125 cm³/mol. The number of aryl methyl sites for hydroxylation is 1. The van der Waals surface area contributed by atoms with E-state index >= 15 is 0 Å². The number of nitrogens with zero attached hydrogens (tertiary/aromatic N) is 4. The van der Waals surface area contributed by atoms with Crippen molar-refractivity contribution in [2.75, 3.05) is 25.6 Å². The average molecular weight is 473 g/mol. The van der Waals surface area contributed by atoms with Gasteiger partial charge in [-0.05, 0) is 33.3 Å². The number of thioether (sulfide) groups is 1. The molecule has 0 saturated heterocycles. The molecule has 1 amide bonds. The summed E-state index contributed by atoms with van der Waals surface area (Å²) in [5, 5.41) is 3.02. The minimum atomic E-state index is -0.994. The molecule has 9 nitrogen and oxygen atoms in total. The van der Waals surface area contributed by atoms with Crippen LogP contribution in [0.2, 0.25) is 0 Å². The standard InChI is InChI=1S/C22H25FN6O3S/c1-6-7-32-16-10-25-17(13(2)27-16)19(30)28-14-8-15(18(23)26-9-14)22(4)11-21(3,12-31-5)33-20(24)29-22/h1,8-10H,7,11-12H2,2-5H3,(H2,24,29)(H,28,30)/t21-,22+/m1/s1. The first-order chi connectivity index (χ1) is 15.6. The van der Waals surface area contributed by atoms with E-state index in [0.29, 0.717) is 23.9 Å². The van der Waals surface area contributed by atoms with Gasteiger partial charge < -0.3 is 20.5 Å². The highest BCUT2D eigenvalue weighted by Gasteiger charge is 2.43. The highest BCUT2D eigenvalue weighted by Crippen LogP contribution is 2.46. The summed E-state index contributed by atoms with van der Waals surface area (Å²) in [6.45, 7) is 5.83. The maximum absolute atomic E-state index is 14.8. The normalized spacial score (nSPS) is 22.2. The van der Waals surface area contributed by atoms with Crippen LogP contribution in [0.1, 0.15) is 42.0 Å². The van der Waals surface area contributed by atoms with Crippen molar-refractivity contribution >= 4 is 28.5 Å². The lowest BCUT2D eigenvalue weighted by Crippen LogP contribution is -2.43. The van der Waals surface area contributed by atoms with Crippen LogP contribution in [0.5, 0.6) is 5.88 Å². The van der Waals surface area contributed by atoms with E-state index in [2.05, 4.69) is 31.2 Å². The van der Waals surface area contributed by atoms with E-state index in [4.69, 9.17) is 21.6 Å². The number of amides is 1. The van der Waals surface area contributed by atoms with Crippen LogP contribution < -0.4 is 15.8 Å². The van der Waals surface area contributed by atoms with Crippen LogP contribution in [-0.2, 0) is 10.3 Å². The molecule has 0 aromatic carbocycles. The zero-order chi connectivity index (χ0) is 24.2. The van der Waals surface area contributed by atoms with Crippen molar-refractivity contribution in [3.8, 4) is 18.2 Å². The summed E-state index contributed by atoms with van der Waals surface area (Å²) in [6, 6.07) is 1.51. The Kier molecular flexibility index (Phi) is 7.19. The Morgan fingerprint density at radius 2 is 2.15 bits per heavy atom. The third kappa shape index (κ3) is 5.58. The quantitative estimate of drug-likeness (QED) is 0.466. The second-order valence-corrected chi connectivity index (χ2v) is 9.65. The third-order valence-corrected chi connectivity index (χ3v) is 6.05. The average Bonchev–Trinajstić information content (AvgIpc) is 2.72. The number of methoxy groups -OCH3 is 1. The fourth-order valence-electron chi connectivity index (χ4n) is 3.82. The molecule has 2 aromatic rings. The van der Waals surface area contributed by atoms with E-state index < -0.39 is 22.1 Å². The fraction of sp³-hybridized carbons (Fsp3) is 0.409. The number of hydrogen-bond donors (Lipinski definition) is 2. The molecular weight excluding hydrogens is 447 g/mol. The topological polar surface area (TPSA) is 125 Å². The van der Waals surface area contributed by atoms with Gasteiger partial charge in [-0.3, -0.25) is 9.79 Å². The van der Waals surface area contributed by atoms with Crippen molar-refractivity contribution < 1.29 is 18.7 Å². The lowest BCUT2D eigenvalue weighted by atomic mass is 9.84. The van der Waals surface area contributed by atoms with Crippen LogP contribution in [0, 0.1) is 25.2 Å². The number of nitrogens with two attached hydrogens (primary N) is 1. The Hall–Kier alpha value is -3.23. The zero-order valence-electron chi connectivity index (χ0n) is 18.8. The van der Waals surface area contributed by atoms with E-state index in [-0.39, 0.29) is 29.4 Å². The van der Waals surface area contributed by atoms with Crippen molar-refractivity contribution in [3.05, 3.63) is 41.4 Å². The minimum absolute atomic E-state index is 0.0391. The van der Waals surface area contributed by atoms with Crippen LogP contribution >= 0.6 is 11.8 Å². The molecule has 1 aliphatic heterocycles. The number of amidine groups is 1. The number of aromatic nitrogens is 3. The van der Waals surface area contributed by atoms with Gasteiger partial charge in [0.05, 0.1) is 35.9 Å². The summed E-state index contributed by atoms with van der Waals surface area (Å²) in [5.41, 5.74) is 6.01. The van der Waals surface area contributed by atoms with Gasteiger partial charge in [0, 0.05) is 17.4 Å². The molecule has 0 saturated carbocycles. The van der Waals surface area contributed by atoms with E-state index in [9.17, 15) is 9.18 Å². The first-order valence-electron chi connectivity index (χ1n) is 10.00. The first-order valence-corrected chi connectivity index (χ1v) is 10.8. The van der Waals surface area contributed by atoms with E-state index in [1.165, 1.54) is 30.2 Å². The number of hydrogen-bond acceptors (Lipinski definition) is 9. The number of aliphatic imine (C=N–C) groups is 1. The van der Waals surface area contributed by atoms with Gasteiger partial charge in [-0.1, -0.05) is 17.7 Å². The predicted octanol–water partition coefficient (Wildman–Crippen LogP) is 2.66. The maximum atomic E-state index is 14.8. The van der Waals surface area contributed by atoms with E-state index in [1.807, 2.05) is 6.92 Å². The molecule has 3 heterocycles. The van der Waals surface area contributed by atoms with Gasteiger partial charge in [0.25, 0.3) is 5.91 Å². The SMILES string of the molecule is C#CCOc1cnc(C(=O)Nc2cnc(F)c([C@]3(C)C[C@](C)(COC)SC(N)=N3)c2)c(C)n1. The number of carbonyl (C=O) groups excluding carboxylic acids is 1. The summed E-state index contributed by atoms with van der Waals surface area (Å²) in [4.78, 5) is 29.4. The van der Waals surface area contributed by atoms with Gasteiger partial charge in [0.2, 0.25) is 11.8 Å². The Morgan fingerprint density at radius 1 is 1.39 bits per heavy atom. The molecule has 0 radical (unpaired) electrons. The second-order valence-electron chi connectivity index (χ2n) is 8.04. The lowest BCUT2D eigenvalue weighted by molar-refractivity contribution is 0.102. The molecule has 0 fully saturated rings. The highest BCUT2D eigenvalue weighted by atomic mass is 32.2. The van der Waals surface area contributed by atoms with Crippen molar-refractivity contribution in [1.29, 1.82) is 0 Å². The van der Waals surface area contributed by atoms with Crippen LogP contribution in [0.15, 0.2) is 23.5 Å². The van der Waals surface area contributed by atoms with Gasteiger partial charge in [-0.2, -0.15) is 4.39 Å². The van der Waals surface area contributed by atoms with Crippen molar-refractivity contribution in [1.82, 2.24) is 15.0 Å². The van der Waals surface area contributed by atoms with Gasteiger partial charge in [0.15, 0.2) is 11.8 Å². The third-order valence-electron chi connectivity index (χ3n) is 5.00. The number of anilines is 1. The molecular formula is C22H25FN6O3S. The second kappa shape index (κ2) is 9.72. The molecule has 174 valence electrons. The maximum Gasteiger partial charge on any atom is 0.276 e. The summed E-state index contributed by atoms with van der Waals surface area (Å²) < 4.78 is 24.9. The zero-order valence-corrected chi connectivity index (χ0v) is 19.6. The monoisotopic (exact) mass is 472 g/mol. The molecule has 11 heteroatoms. The van der Waals surface area contributed by atoms with Gasteiger partial charge in [-0.25, -0.2) is 15.0 Å². The summed E-state index contributed by atoms with van der Waals surface area (Å²) in [6.07, 6.45) is 8.15. The molecule has 0 spiro atoms. The Bertz CT molecular complexity index is 1140. The molecule has 0 aliphatic carbocycles. The van der Waals surface area contributed by atoms with Crippen LogP contribution in [0.4, 0.5) is 10.1 Å².